The summed E-state index contributed by atoms with van der Waals surface area (Å²) in [5, 5.41) is 0.533. The lowest BCUT2D eigenvalue weighted by atomic mass is 10.1. The number of pyridine rings is 1. The van der Waals surface area contributed by atoms with Crippen LogP contribution in [0.1, 0.15) is 11.3 Å². The number of para-hydroxylation sites is 2. The van der Waals surface area contributed by atoms with Crippen molar-refractivity contribution in [1.29, 1.82) is 0 Å². The molecule has 0 spiro atoms. The third-order valence-electron chi connectivity index (χ3n) is 4.32. The van der Waals surface area contributed by atoms with E-state index in [0.717, 1.165) is 0 Å². The number of rotatable bonds is 4. The molecule has 4 aromatic rings. The van der Waals surface area contributed by atoms with E-state index in [2.05, 4.69) is 15.0 Å². The van der Waals surface area contributed by atoms with Crippen molar-refractivity contribution in [1.82, 2.24) is 15.0 Å². The maximum atomic E-state index is 12.4. The number of nitrogens with zero attached hydrogens (tertiary/aromatic N) is 2. The molecule has 0 unspecified atom stereocenters. The second-order valence-electron chi connectivity index (χ2n) is 6.32. The Labute approximate surface area is 180 Å². The van der Waals surface area contributed by atoms with Gasteiger partial charge in [-0.25, -0.2) is 4.98 Å². The lowest BCUT2D eigenvalue weighted by molar-refractivity contribution is 0.482. The standard InChI is InChI=1S/C21H15Cl2N5O2/c22-13-9-26-10-14(23)20(13)30-12-5-3-4-11(8-12)17(24)18(25)19-21(29)28-16-7-2-1-6-15(16)27-19/h1-10H,24-25H2,(H,28,29)/b18-17+. The minimum Gasteiger partial charge on any atom is -0.454 e. The van der Waals surface area contributed by atoms with Crippen LogP contribution in [0.2, 0.25) is 10.0 Å². The molecule has 2 heterocycles. The first kappa shape index (κ1) is 19.8. The average molecular weight is 440 g/mol. The molecule has 2 aromatic heterocycles. The molecule has 7 nitrogen and oxygen atoms in total. The summed E-state index contributed by atoms with van der Waals surface area (Å²) in [6.07, 6.45) is 2.85. The van der Waals surface area contributed by atoms with E-state index in [1.165, 1.54) is 12.4 Å². The molecule has 0 amide bonds. The van der Waals surface area contributed by atoms with Crippen LogP contribution < -0.4 is 21.8 Å². The highest BCUT2D eigenvalue weighted by Gasteiger charge is 2.14. The maximum Gasteiger partial charge on any atom is 0.276 e. The molecular weight excluding hydrogens is 425 g/mol. The Morgan fingerprint density at radius 1 is 0.967 bits per heavy atom. The van der Waals surface area contributed by atoms with E-state index in [4.69, 9.17) is 39.4 Å². The summed E-state index contributed by atoms with van der Waals surface area (Å²) in [6.45, 7) is 0. The van der Waals surface area contributed by atoms with Crippen LogP contribution in [0.25, 0.3) is 22.4 Å². The van der Waals surface area contributed by atoms with Crippen molar-refractivity contribution < 1.29 is 4.74 Å². The molecule has 0 aliphatic carbocycles. The molecule has 4 rings (SSSR count). The predicted molar refractivity (Wildman–Crippen MR) is 118 cm³/mol. The van der Waals surface area contributed by atoms with Crippen molar-refractivity contribution in [3.8, 4) is 11.5 Å². The number of ether oxygens (including phenoxy) is 1. The summed E-state index contributed by atoms with van der Waals surface area (Å²) in [4.78, 5) is 23.4. The molecule has 0 fully saturated rings. The number of hydrogen-bond acceptors (Lipinski definition) is 6. The minimum atomic E-state index is -0.433. The van der Waals surface area contributed by atoms with E-state index in [0.29, 0.717) is 22.3 Å². The van der Waals surface area contributed by atoms with Gasteiger partial charge in [0.2, 0.25) is 0 Å². The average Bonchev–Trinajstić information content (AvgIpc) is 2.75. The van der Waals surface area contributed by atoms with Gasteiger partial charge in [-0.1, -0.05) is 47.5 Å². The first-order valence-electron chi connectivity index (χ1n) is 8.76. The van der Waals surface area contributed by atoms with E-state index in [1.54, 1.807) is 42.5 Å². The van der Waals surface area contributed by atoms with E-state index < -0.39 is 5.56 Å². The van der Waals surface area contributed by atoms with Crippen molar-refractivity contribution in [3.05, 3.63) is 92.6 Å². The Morgan fingerprint density at radius 3 is 2.47 bits per heavy atom. The molecule has 2 aromatic carbocycles. The highest BCUT2D eigenvalue weighted by atomic mass is 35.5. The third-order valence-corrected chi connectivity index (χ3v) is 4.86. The monoisotopic (exact) mass is 439 g/mol. The molecule has 0 aliphatic rings. The van der Waals surface area contributed by atoms with Crippen LogP contribution >= 0.6 is 23.2 Å². The van der Waals surface area contributed by atoms with Gasteiger partial charge in [-0.3, -0.25) is 9.78 Å². The van der Waals surface area contributed by atoms with Crippen LogP contribution in [0.4, 0.5) is 0 Å². The second-order valence-corrected chi connectivity index (χ2v) is 7.14. The Kier molecular flexibility index (Phi) is 5.31. The van der Waals surface area contributed by atoms with Crippen LogP contribution in [-0.2, 0) is 0 Å². The fourth-order valence-corrected chi connectivity index (χ4v) is 3.28. The van der Waals surface area contributed by atoms with Crippen molar-refractivity contribution in [2.24, 2.45) is 11.5 Å². The SMILES string of the molecule is N/C(=C(/N)c1nc2ccccc2[nH]c1=O)c1cccc(Oc2c(Cl)cncc2Cl)c1. The number of H-pyrrole nitrogens is 1. The van der Waals surface area contributed by atoms with E-state index in [1.807, 2.05) is 6.07 Å². The third kappa shape index (κ3) is 3.80. The molecule has 150 valence electrons. The molecular formula is C21H15Cl2N5O2. The van der Waals surface area contributed by atoms with Crippen molar-refractivity contribution in [2.45, 2.75) is 0 Å². The second kappa shape index (κ2) is 8.06. The summed E-state index contributed by atoms with van der Waals surface area (Å²) < 4.78 is 5.79. The fourth-order valence-electron chi connectivity index (χ4n) is 2.84. The number of nitrogens with two attached hydrogens (primary N) is 2. The Morgan fingerprint density at radius 2 is 1.70 bits per heavy atom. The number of aromatic amines is 1. The number of halogens is 2. The molecule has 0 bridgehead atoms. The van der Waals surface area contributed by atoms with E-state index >= 15 is 0 Å². The Balaban J connectivity index is 1.73. The molecule has 5 N–H and O–H groups in total. The van der Waals surface area contributed by atoms with Gasteiger partial charge in [-0.2, -0.15) is 0 Å². The molecule has 9 heteroatoms. The number of aromatic nitrogens is 3. The van der Waals surface area contributed by atoms with Gasteiger partial charge in [0.15, 0.2) is 11.4 Å². The van der Waals surface area contributed by atoms with Crippen LogP contribution in [0.3, 0.4) is 0 Å². The highest BCUT2D eigenvalue weighted by Crippen LogP contribution is 2.35. The Hall–Kier alpha value is -3.55. The summed E-state index contributed by atoms with van der Waals surface area (Å²) in [5.74, 6) is 0.701. The molecule has 0 radical (unpaired) electrons. The van der Waals surface area contributed by atoms with Gasteiger partial charge in [0.1, 0.15) is 15.8 Å². The minimum absolute atomic E-state index is 0.0396. The van der Waals surface area contributed by atoms with E-state index in [9.17, 15) is 4.79 Å². The number of fused-ring (bicyclic) bond motifs is 1. The van der Waals surface area contributed by atoms with Crippen LogP contribution in [0.15, 0.2) is 65.7 Å². The lowest BCUT2D eigenvalue weighted by Crippen LogP contribution is -2.20. The Bertz CT molecular complexity index is 1330. The summed E-state index contributed by atoms with van der Waals surface area (Å²) in [5.41, 5.74) is 14.0. The van der Waals surface area contributed by atoms with Crippen LogP contribution in [0, 0.1) is 0 Å². The van der Waals surface area contributed by atoms with Crippen LogP contribution in [0.5, 0.6) is 11.5 Å². The normalized spacial score (nSPS) is 11.9. The van der Waals surface area contributed by atoms with Gasteiger partial charge in [0.05, 0.1) is 22.4 Å². The molecule has 0 saturated heterocycles. The molecule has 0 aliphatic heterocycles. The smallest absolute Gasteiger partial charge is 0.276 e. The topological polar surface area (TPSA) is 120 Å². The van der Waals surface area contributed by atoms with Gasteiger partial charge in [-0.15, -0.1) is 0 Å². The van der Waals surface area contributed by atoms with Crippen LogP contribution in [-0.4, -0.2) is 15.0 Å². The van der Waals surface area contributed by atoms with Crippen molar-refractivity contribution >= 4 is 45.6 Å². The number of hydrogen-bond donors (Lipinski definition) is 3. The number of benzene rings is 2. The zero-order valence-corrected chi connectivity index (χ0v) is 16.9. The van der Waals surface area contributed by atoms with Gasteiger partial charge >= 0.3 is 0 Å². The summed E-state index contributed by atoms with van der Waals surface area (Å²) in [6, 6.07) is 14.0. The van der Waals surface area contributed by atoms with Gasteiger partial charge < -0.3 is 21.2 Å². The first-order chi connectivity index (χ1) is 14.4. The summed E-state index contributed by atoms with van der Waals surface area (Å²) in [7, 11) is 0. The fraction of sp³-hybridized carbons (Fsp3) is 0. The zero-order chi connectivity index (χ0) is 21.3. The zero-order valence-electron chi connectivity index (χ0n) is 15.4. The molecule has 30 heavy (non-hydrogen) atoms. The number of nitrogens with one attached hydrogen (secondary N) is 1. The van der Waals surface area contributed by atoms with Gasteiger partial charge in [0, 0.05) is 18.0 Å². The predicted octanol–water partition coefficient (Wildman–Crippen LogP) is 4.16. The first-order valence-corrected chi connectivity index (χ1v) is 9.51. The molecule has 0 saturated carbocycles. The summed E-state index contributed by atoms with van der Waals surface area (Å²) >= 11 is 12.2. The quantitative estimate of drug-likeness (QED) is 0.438. The lowest BCUT2D eigenvalue weighted by Gasteiger charge is -2.12. The molecule has 0 atom stereocenters. The van der Waals surface area contributed by atoms with Crippen molar-refractivity contribution in [3.63, 3.8) is 0 Å². The highest BCUT2D eigenvalue weighted by molar-refractivity contribution is 6.36. The maximum absolute atomic E-state index is 12.4. The largest absolute Gasteiger partial charge is 0.454 e. The van der Waals surface area contributed by atoms with Gasteiger partial charge in [0.25, 0.3) is 5.56 Å². The van der Waals surface area contributed by atoms with E-state index in [-0.39, 0.29) is 32.9 Å². The van der Waals surface area contributed by atoms with Crippen molar-refractivity contribution in [2.75, 3.05) is 0 Å². The van der Waals surface area contributed by atoms with Gasteiger partial charge in [-0.05, 0) is 24.3 Å².